The molecule has 100 valence electrons. The number of benzene rings is 2. The molecule has 0 aliphatic heterocycles. The van der Waals surface area contributed by atoms with E-state index in [1.54, 1.807) is 0 Å². The lowest BCUT2D eigenvalue weighted by Gasteiger charge is -2.12. The maximum absolute atomic E-state index is 13.5. The molecule has 0 aliphatic rings. The van der Waals surface area contributed by atoms with Gasteiger partial charge in [0.2, 0.25) is 0 Å². The maximum atomic E-state index is 13.5. The predicted molar refractivity (Wildman–Crippen MR) is 70.7 cm³/mol. The van der Waals surface area contributed by atoms with Gasteiger partial charge in [0.05, 0.1) is 11.7 Å². The zero-order valence-electron chi connectivity index (χ0n) is 10.5. The monoisotopic (exact) mass is 262 g/mol. The molecule has 1 unspecified atom stereocenters. The van der Waals surface area contributed by atoms with Crippen LogP contribution in [0.5, 0.6) is 0 Å². The second kappa shape index (κ2) is 6.43. The molecule has 0 spiro atoms. The molecule has 0 radical (unpaired) electrons. The third kappa shape index (κ3) is 3.61. The molecule has 19 heavy (non-hydrogen) atoms. The number of rotatable bonds is 5. The molecular formula is C16H16F2O. The van der Waals surface area contributed by atoms with Crippen molar-refractivity contribution in [3.8, 4) is 0 Å². The first kappa shape index (κ1) is 13.7. The SMILES string of the molecule is OC(CCCc1ccccc1)c1c(F)cccc1F. The maximum Gasteiger partial charge on any atom is 0.131 e. The van der Waals surface area contributed by atoms with Crippen LogP contribution in [0.2, 0.25) is 0 Å². The fourth-order valence-corrected chi connectivity index (χ4v) is 2.12. The van der Waals surface area contributed by atoms with E-state index < -0.39 is 17.7 Å². The van der Waals surface area contributed by atoms with E-state index in [1.165, 1.54) is 18.2 Å². The molecule has 0 bridgehead atoms. The summed E-state index contributed by atoms with van der Waals surface area (Å²) in [4.78, 5) is 0. The molecule has 0 saturated heterocycles. The third-order valence-corrected chi connectivity index (χ3v) is 3.12. The average Bonchev–Trinajstić information content (AvgIpc) is 2.40. The molecule has 0 amide bonds. The summed E-state index contributed by atoms with van der Waals surface area (Å²) < 4.78 is 26.9. The molecule has 0 aliphatic carbocycles. The lowest BCUT2D eigenvalue weighted by molar-refractivity contribution is 0.155. The summed E-state index contributed by atoms with van der Waals surface area (Å²) in [6.45, 7) is 0. The van der Waals surface area contributed by atoms with Crippen molar-refractivity contribution < 1.29 is 13.9 Å². The summed E-state index contributed by atoms with van der Waals surface area (Å²) in [7, 11) is 0. The van der Waals surface area contributed by atoms with E-state index in [-0.39, 0.29) is 5.56 Å². The molecule has 2 aromatic carbocycles. The first-order chi connectivity index (χ1) is 9.18. The summed E-state index contributed by atoms with van der Waals surface area (Å²) in [6, 6.07) is 13.5. The van der Waals surface area contributed by atoms with E-state index in [4.69, 9.17) is 0 Å². The summed E-state index contributed by atoms with van der Waals surface area (Å²) in [5.41, 5.74) is 0.930. The number of hydrogen-bond donors (Lipinski definition) is 1. The highest BCUT2D eigenvalue weighted by atomic mass is 19.1. The molecule has 0 aromatic heterocycles. The van der Waals surface area contributed by atoms with Crippen LogP contribution in [0.15, 0.2) is 48.5 Å². The van der Waals surface area contributed by atoms with Crippen LogP contribution in [0.1, 0.15) is 30.1 Å². The Labute approximate surface area is 111 Å². The van der Waals surface area contributed by atoms with Crippen LogP contribution >= 0.6 is 0 Å². The molecule has 2 rings (SSSR count). The second-order valence-electron chi connectivity index (χ2n) is 4.53. The van der Waals surface area contributed by atoms with Crippen LogP contribution in [0, 0.1) is 11.6 Å². The highest BCUT2D eigenvalue weighted by molar-refractivity contribution is 5.22. The highest BCUT2D eigenvalue weighted by Crippen LogP contribution is 2.24. The van der Waals surface area contributed by atoms with Crippen molar-refractivity contribution in [1.82, 2.24) is 0 Å². The lowest BCUT2D eigenvalue weighted by Crippen LogP contribution is -2.04. The molecule has 0 heterocycles. The van der Waals surface area contributed by atoms with Gasteiger partial charge in [-0.05, 0) is 37.0 Å². The number of aliphatic hydroxyl groups is 1. The summed E-state index contributed by atoms with van der Waals surface area (Å²) in [5, 5.41) is 9.88. The molecule has 3 heteroatoms. The predicted octanol–water partition coefficient (Wildman–Crippen LogP) is 4.02. The molecule has 0 saturated carbocycles. The van der Waals surface area contributed by atoms with Gasteiger partial charge >= 0.3 is 0 Å². The van der Waals surface area contributed by atoms with Crippen LogP contribution in [-0.2, 0) is 6.42 Å². The van der Waals surface area contributed by atoms with Crippen molar-refractivity contribution in [2.24, 2.45) is 0 Å². The van der Waals surface area contributed by atoms with E-state index in [0.717, 1.165) is 12.0 Å². The van der Waals surface area contributed by atoms with E-state index in [9.17, 15) is 13.9 Å². The van der Waals surface area contributed by atoms with Crippen molar-refractivity contribution in [3.63, 3.8) is 0 Å². The molecular weight excluding hydrogens is 246 g/mol. The second-order valence-corrected chi connectivity index (χ2v) is 4.53. The Hall–Kier alpha value is -1.74. The minimum absolute atomic E-state index is 0.226. The number of halogens is 2. The summed E-state index contributed by atoms with van der Waals surface area (Å²) in [6.07, 6.45) is 0.713. The van der Waals surface area contributed by atoms with Gasteiger partial charge in [-0.1, -0.05) is 36.4 Å². The minimum atomic E-state index is -1.09. The zero-order valence-corrected chi connectivity index (χ0v) is 10.5. The largest absolute Gasteiger partial charge is 0.388 e. The third-order valence-electron chi connectivity index (χ3n) is 3.12. The van der Waals surface area contributed by atoms with Crippen LogP contribution < -0.4 is 0 Å². The Morgan fingerprint density at radius 1 is 0.895 bits per heavy atom. The van der Waals surface area contributed by atoms with Crippen molar-refractivity contribution in [2.75, 3.05) is 0 Å². The number of aryl methyl sites for hydroxylation is 1. The minimum Gasteiger partial charge on any atom is -0.388 e. The fourth-order valence-electron chi connectivity index (χ4n) is 2.12. The van der Waals surface area contributed by atoms with Crippen LogP contribution in [0.3, 0.4) is 0 Å². The standard InChI is InChI=1S/C16H16F2O/c17-13-9-5-10-14(18)16(13)15(19)11-4-8-12-6-2-1-3-7-12/h1-3,5-7,9-10,15,19H,4,8,11H2. The van der Waals surface area contributed by atoms with Gasteiger partial charge in [0, 0.05) is 0 Å². The molecule has 1 atom stereocenters. The van der Waals surface area contributed by atoms with Gasteiger partial charge in [0.25, 0.3) is 0 Å². The number of hydrogen-bond acceptors (Lipinski definition) is 1. The molecule has 2 aromatic rings. The first-order valence-electron chi connectivity index (χ1n) is 6.34. The van der Waals surface area contributed by atoms with Gasteiger partial charge in [0.1, 0.15) is 11.6 Å². The van der Waals surface area contributed by atoms with Crippen molar-refractivity contribution in [2.45, 2.75) is 25.4 Å². The Morgan fingerprint density at radius 3 is 2.16 bits per heavy atom. The van der Waals surface area contributed by atoms with Crippen molar-refractivity contribution in [1.29, 1.82) is 0 Å². The first-order valence-corrected chi connectivity index (χ1v) is 6.34. The van der Waals surface area contributed by atoms with Crippen molar-refractivity contribution >= 4 is 0 Å². The van der Waals surface area contributed by atoms with E-state index in [2.05, 4.69) is 0 Å². The molecule has 1 nitrogen and oxygen atoms in total. The van der Waals surface area contributed by atoms with Gasteiger partial charge < -0.3 is 5.11 Å². The van der Waals surface area contributed by atoms with E-state index in [0.29, 0.717) is 12.8 Å². The summed E-state index contributed by atoms with van der Waals surface area (Å²) in [5.74, 6) is -1.38. The summed E-state index contributed by atoms with van der Waals surface area (Å²) >= 11 is 0. The number of aliphatic hydroxyl groups excluding tert-OH is 1. The normalized spacial score (nSPS) is 12.4. The Kier molecular flexibility index (Phi) is 4.63. The fraction of sp³-hybridized carbons (Fsp3) is 0.250. The van der Waals surface area contributed by atoms with Gasteiger partial charge in [-0.15, -0.1) is 0 Å². The van der Waals surface area contributed by atoms with Gasteiger partial charge in [-0.3, -0.25) is 0 Å². The average molecular weight is 262 g/mol. The molecule has 1 N–H and O–H groups in total. The van der Waals surface area contributed by atoms with Gasteiger partial charge in [-0.2, -0.15) is 0 Å². The van der Waals surface area contributed by atoms with E-state index in [1.807, 2.05) is 30.3 Å². The quantitative estimate of drug-likeness (QED) is 0.862. The Bertz CT molecular complexity index is 505. The van der Waals surface area contributed by atoms with Gasteiger partial charge in [0.15, 0.2) is 0 Å². The zero-order chi connectivity index (χ0) is 13.7. The lowest BCUT2D eigenvalue weighted by atomic mass is 10.0. The van der Waals surface area contributed by atoms with Crippen LogP contribution in [0.4, 0.5) is 8.78 Å². The van der Waals surface area contributed by atoms with Gasteiger partial charge in [-0.25, -0.2) is 8.78 Å². The van der Waals surface area contributed by atoms with E-state index >= 15 is 0 Å². The Balaban J connectivity index is 1.93. The highest BCUT2D eigenvalue weighted by Gasteiger charge is 2.17. The molecule has 0 fully saturated rings. The Morgan fingerprint density at radius 2 is 1.53 bits per heavy atom. The van der Waals surface area contributed by atoms with Crippen LogP contribution in [0.25, 0.3) is 0 Å². The topological polar surface area (TPSA) is 20.2 Å². The van der Waals surface area contributed by atoms with Crippen molar-refractivity contribution in [3.05, 3.63) is 71.3 Å². The smallest absolute Gasteiger partial charge is 0.131 e. The van der Waals surface area contributed by atoms with Crippen LogP contribution in [-0.4, -0.2) is 5.11 Å².